The summed E-state index contributed by atoms with van der Waals surface area (Å²) >= 11 is 1.85. The first kappa shape index (κ1) is 49.9. The van der Waals surface area contributed by atoms with E-state index in [1.165, 1.54) is 47.5 Å². The molecule has 88 heavy (non-hydrogen) atoms. The molecule has 18 aromatic rings. The topological polar surface area (TPSA) is 53.5 Å². The van der Waals surface area contributed by atoms with Gasteiger partial charge in [0.25, 0.3) is 0 Å². The summed E-state index contributed by atoms with van der Waals surface area (Å²) in [6.45, 7) is 0. The van der Waals surface area contributed by atoms with Gasteiger partial charge in [-0.3, -0.25) is 9.13 Å². The molecule has 0 spiro atoms. The van der Waals surface area contributed by atoms with E-state index in [4.69, 9.17) is 15.0 Å². The van der Waals surface area contributed by atoms with Crippen LogP contribution in [0.25, 0.3) is 170 Å². The highest BCUT2D eigenvalue weighted by molar-refractivity contribution is 7.25. The lowest BCUT2D eigenvalue weighted by Gasteiger charge is -2.14. The van der Waals surface area contributed by atoms with Crippen LogP contribution in [0.15, 0.2) is 303 Å². The molecule has 5 heterocycles. The zero-order chi connectivity index (χ0) is 57.8. The molecule has 0 aliphatic carbocycles. The van der Waals surface area contributed by atoms with Crippen molar-refractivity contribution >= 4 is 96.9 Å². The molecule has 13 aromatic carbocycles. The van der Waals surface area contributed by atoms with Gasteiger partial charge in [0, 0.05) is 63.7 Å². The van der Waals surface area contributed by atoms with Crippen LogP contribution in [-0.4, -0.2) is 28.7 Å². The first-order valence-corrected chi connectivity index (χ1v) is 30.6. The summed E-state index contributed by atoms with van der Waals surface area (Å²) in [7, 11) is 0. The smallest absolute Gasteiger partial charge is 0.240 e. The summed E-state index contributed by atoms with van der Waals surface area (Å²) in [5.74, 6) is 1.61. The number of rotatable bonds is 9. The standard InChI is InChI=1S/C81H50N6S/c1-4-19-51(20-5-1)59-44-60(52-21-6-2-7-22-52)46-61(45-59)53-23-18-24-58(43-53)79-82-80(84-81(83-79)87-73-33-16-12-29-65(73)69-49-56(37-41-76(69)87)57-38-42-78-70(50-57)66-30-13-17-34-77(66)88-78)86-72-32-15-11-28-64(72)68-48-55(36-40-75(68)86)54-35-39-74-67(47-54)63-27-10-14-31-71(63)85(74)62-25-8-3-9-26-62/h1-50H. The van der Waals surface area contributed by atoms with Gasteiger partial charge in [0.05, 0.1) is 33.1 Å². The second-order valence-corrected chi connectivity index (χ2v) is 23.9. The maximum absolute atomic E-state index is 5.63. The predicted molar refractivity (Wildman–Crippen MR) is 368 cm³/mol. The van der Waals surface area contributed by atoms with Gasteiger partial charge >= 0.3 is 0 Å². The average molecular weight is 1140 g/mol. The van der Waals surface area contributed by atoms with E-state index in [0.717, 1.165) is 105 Å². The maximum atomic E-state index is 5.63. The number of para-hydroxylation sites is 4. The molecule has 0 unspecified atom stereocenters. The molecule has 410 valence electrons. The van der Waals surface area contributed by atoms with Crippen molar-refractivity contribution in [1.29, 1.82) is 0 Å². The predicted octanol–water partition coefficient (Wildman–Crippen LogP) is 21.5. The third-order valence-corrected chi connectivity index (χ3v) is 18.8. The molecule has 0 bridgehead atoms. The van der Waals surface area contributed by atoms with Crippen LogP contribution >= 0.6 is 11.3 Å². The fraction of sp³-hybridized carbons (Fsp3) is 0. The highest BCUT2D eigenvalue weighted by Gasteiger charge is 2.23. The Kier molecular flexibility index (Phi) is 11.4. The largest absolute Gasteiger partial charge is 0.309 e. The molecule has 0 fully saturated rings. The molecule has 0 aliphatic rings. The summed E-state index contributed by atoms with van der Waals surface area (Å²) in [5.41, 5.74) is 19.7. The SMILES string of the molecule is c1ccc(-c2cc(-c3ccccc3)cc(-c3cccc(-c4nc(-n5c6ccccc6c6cc(-c7ccc8sc9ccccc9c8c7)ccc65)nc(-n5c6ccccc6c6cc(-c7ccc8c(c7)c7ccccc7n8-c7ccccc7)ccc65)n4)c3)c2)cc1. The maximum Gasteiger partial charge on any atom is 0.240 e. The Morgan fingerprint density at radius 3 is 1.09 bits per heavy atom. The first-order chi connectivity index (χ1) is 43.6. The summed E-state index contributed by atoms with van der Waals surface area (Å²) in [6, 6.07) is 110. The third kappa shape index (κ3) is 8.13. The summed E-state index contributed by atoms with van der Waals surface area (Å²) in [4.78, 5) is 16.8. The molecule has 0 radical (unpaired) electrons. The molecular formula is C81H50N6S. The van der Waals surface area contributed by atoms with Crippen molar-refractivity contribution < 1.29 is 0 Å². The molecule has 0 atom stereocenters. The van der Waals surface area contributed by atoms with E-state index in [0.29, 0.717) is 17.7 Å². The molecule has 18 rings (SSSR count). The van der Waals surface area contributed by atoms with Gasteiger partial charge in [-0.15, -0.1) is 11.3 Å². The van der Waals surface area contributed by atoms with E-state index in [2.05, 4.69) is 317 Å². The third-order valence-electron chi connectivity index (χ3n) is 17.7. The summed E-state index contributed by atoms with van der Waals surface area (Å²) in [6.07, 6.45) is 0. The van der Waals surface area contributed by atoms with Gasteiger partial charge in [-0.1, -0.05) is 194 Å². The van der Waals surface area contributed by atoms with Gasteiger partial charge in [0.15, 0.2) is 5.82 Å². The van der Waals surface area contributed by atoms with Crippen molar-refractivity contribution in [3.05, 3.63) is 303 Å². The Morgan fingerprint density at radius 2 is 0.557 bits per heavy atom. The van der Waals surface area contributed by atoms with Crippen molar-refractivity contribution in [2.24, 2.45) is 0 Å². The molecule has 0 saturated heterocycles. The highest BCUT2D eigenvalue weighted by Crippen LogP contribution is 2.42. The number of aromatic nitrogens is 6. The van der Waals surface area contributed by atoms with Crippen molar-refractivity contribution in [1.82, 2.24) is 28.7 Å². The van der Waals surface area contributed by atoms with Crippen LogP contribution in [0.2, 0.25) is 0 Å². The Balaban J connectivity index is 0.833. The second kappa shape index (κ2) is 20.1. The molecule has 6 nitrogen and oxygen atoms in total. The van der Waals surface area contributed by atoms with E-state index in [9.17, 15) is 0 Å². The minimum absolute atomic E-state index is 0.524. The van der Waals surface area contributed by atoms with Crippen LogP contribution in [0, 0.1) is 0 Å². The molecule has 0 saturated carbocycles. The minimum Gasteiger partial charge on any atom is -0.309 e. The van der Waals surface area contributed by atoms with E-state index in [-0.39, 0.29) is 0 Å². The number of hydrogen-bond acceptors (Lipinski definition) is 4. The number of fused-ring (bicyclic) bond motifs is 12. The molecule has 0 N–H and O–H groups in total. The van der Waals surface area contributed by atoms with Crippen molar-refractivity contribution in [3.63, 3.8) is 0 Å². The Labute approximate surface area is 510 Å². The summed E-state index contributed by atoms with van der Waals surface area (Å²) in [5, 5.41) is 9.45. The average Bonchev–Trinajstić information content (AvgIpc) is 1.70. The monoisotopic (exact) mass is 1140 g/mol. The Hall–Kier alpha value is -11.5. The van der Waals surface area contributed by atoms with Crippen LogP contribution < -0.4 is 0 Å². The van der Waals surface area contributed by atoms with Crippen molar-refractivity contribution in [2.45, 2.75) is 0 Å². The van der Waals surface area contributed by atoms with Crippen molar-refractivity contribution in [3.8, 4) is 84.6 Å². The fourth-order valence-corrected chi connectivity index (χ4v) is 14.6. The van der Waals surface area contributed by atoms with Gasteiger partial charge in [-0.05, 0) is 165 Å². The minimum atomic E-state index is 0.524. The highest BCUT2D eigenvalue weighted by atomic mass is 32.1. The molecular weight excluding hydrogens is 1090 g/mol. The van der Waals surface area contributed by atoms with Crippen LogP contribution in [0.4, 0.5) is 0 Å². The van der Waals surface area contributed by atoms with Gasteiger partial charge < -0.3 is 4.57 Å². The number of hydrogen-bond donors (Lipinski definition) is 0. The zero-order valence-electron chi connectivity index (χ0n) is 47.5. The van der Waals surface area contributed by atoms with E-state index in [1.54, 1.807) is 0 Å². The van der Waals surface area contributed by atoms with Crippen molar-refractivity contribution in [2.75, 3.05) is 0 Å². The fourth-order valence-electron chi connectivity index (χ4n) is 13.6. The van der Waals surface area contributed by atoms with Gasteiger partial charge in [0.2, 0.25) is 11.9 Å². The molecule has 7 heteroatoms. The van der Waals surface area contributed by atoms with Crippen LogP contribution in [0.3, 0.4) is 0 Å². The molecule has 5 aromatic heterocycles. The lowest BCUT2D eigenvalue weighted by Crippen LogP contribution is -2.10. The second-order valence-electron chi connectivity index (χ2n) is 22.8. The van der Waals surface area contributed by atoms with E-state index >= 15 is 0 Å². The van der Waals surface area contributed by atoms with Crippen LogP contribution in [0.5, 0.6) is 0 Å². The lowest BCUT2D eigenvalue weighted by atomic mass is 9.93. The van der Waals surface area contributed by atoms with E-state index < -0.39 is 0 Å². The quantitative estimate of drug-likeness (QED) is 0.145. The molecule has 0 amide bonds. The summed E-state index contributed by atoms with van der Waals surface area (Å²) < 4.78 is 9.42. The zero-order valence-corrected chi connectivity index (χ0v) is 48.3. The number of thiophene rings is 1. The van der Waals surface area contributed by atoms with Gasteiger partial charge in [0.1, 0.15) is 0 Å². The van der Waals surface area contributed by atoms with Gasteiger partial charge in [-0.25, -0.2) is 0 Å². The number of benzene rings is 13. The Morgan fingerprint density at radius 1 is 0.205 bits per heavy atom. The van der Waals surface area contributed by atoms with Gasteiger partial charge in [-0.2, -0.15) is 15.0 Å². The van der Waals surface area contributed by atoms with E-state index in [1.807, 2.05) is 11.3 Å². The van der Waals surface area contributed by atoms with Crippen LogP contribution in [0.1, 0.15) is 0 Å². The first-order valence-electron chi connectivity index (χ1n) is 29.8. The normalized spacial score (nSPS) is 11.9. The lowest BCUT2D eigenvalue weighted by molar-refractivity contribution is 0.893. The molecule has 0 aliphatic heterocycles. The number of nitrogens with zero attached hydrogens (tertiary/aromatic N) is 6. The Bertz CT molecular complexity index is 5760. The van der Waals surface area contributed by atoms with Crippen LogP contribution in [-0.2, 0) is 0 Å².